The smallest absolute Gasteiger partial charge is 0.344 e. The molecule has 0 amide bonds. The monoisotopic (exact) mass is 283 g/mol. The number of ether oxygens (including phenoxy) is 4. The highest BCUT2D eigenvalue weighted by Gasteiger charge is 2.17. The number of esters is 1. The van der Waals surface area contributed by atoms with Crippen molar-refractivity contribution >= 4 is 11.7 Å². The Morgan fingerprint density at radius 3 is 2.65 bits per heavy atom. The van der Waals surface area contributed by atoms with E-state index in [9.17, 15) is 4.79 Å². The molecule has 0 unspecified atom stereocenters. The standard InChI is InChI=1S/C14H21NO5/c1-3-19-12-6-4-5-11(15)13(12)14(16)20-10-9-18-8-7-17-2/h4-6H,3,7-10,15H2,1-2H3. The molecule has 0 bridgehead atoms. The van der Waals surface area contributed by atoms with Gasteiger partial charge >= 0.3 is 5.97 Å². The van der Waals surface area contributed by atoms with E-state index in [2.05, 4.69) is 0 Å². The lowest BCUT2D eigenvalue weighted by Gasteiger charge is -2.12. The molecular weight excluding hydrogens is 262 g/mol. The predicted molar refractivity (Wildman–Crippen MR) is 75.0 cm³/mol. The summed E-state index contributed by atoms with van der Waals surface area (Å²) >= 11 is 0. The Morgan fingerprint density at radius 1 is 1.20 bits per heavy atom. The average Bonchev–Trinajstić information content (AvgIpc) is 2.43. The van der Waals surface area contributed by atoms with Gasteiger partial charge in [-0.3, -0.25) is 0 Å². The maximum absolute atomic E-state index is 12.0. The minimum absolute atomic E-state index is 0.155. The largest absolute Gasteiger partial charge is 0.493 e. The molecule has 0 saturated carbocycles. The molecule has 0 aliphatic heterocycles. The molecule has 0 aliphatic rings. The summed E-state index contributed by atoms with van der Waals surface area (Å²) in [6.07, 6.45) is 0. The molecule has 0 heterocycles. The highest BCUT2D eigenvalue weighted by atomic mass is 16.6. The number of hydrogen-bond donors (Lipinski definition) is 1. The van der Waals surface area contributed by atoms with Gasteiger partial charge in [-0.15, -0.1) is 0 Å². The van der Waals surface area contributed by atoms with Crippen molar-refractivity contribution < 1.29 is 23.7 Å². The van der Waals surface area contributed by atoms with Crippen LogP contribution >= 0.6 is 0 Å². The van der Waals surface area contributed by atoms with Crippen LogP contribution < -0.4 is 10.5 Å². The van der Waals surface area contributed by atoms with E-state index >= 15 is 0 Å². The zero-order chi connectivity index (χ0) is 14.8. The molecule has 0 fully saturated rings. The zero-order valence-electron chi connectivity index (χ0n) is 11.9. The third-order valence-corrected chi connectivity index (χ3v) is 2.46. The molecule has 112 valence electrons. The number of benzene rings is 1. The molecule has 1 aromatic carbocycles. The molecule has 6 heteroatoms. The Kier molecular flexibility index (Phi) is 7.46. The van der Waals surface area contributed by atoms with Crippen LogP contribution in [0.3, 0.4) is 0 Å². The highest BCUT2D eigenvalue weighted by Crippen LogP contribution is 2.25. The summed E-state index contributed by atoms with van der Waals surface area (Å²) in [6, 6.07) is 5.05. The fourth-order valence-electron chi connectivity index (χ4n) is 1.55. The van der Waals surface area contributed by atoms with Crippen molar-refractivity contribution in [2.24, 2.45) is 0 Å². The number of methoxy groups -OCH3 is 1. The van der Waals surface area contributed by atoms with Crippen LogP contribution in [0.4, 0.5) is 5.69 Å². The quantitative estimate of drug-likeness (QED) is 0.420. The van der Waals surface area contributed by atoms with Gasteiger partial charge in [0.05, 0.1) is 26.4 Å². The van der Waals surface area contributed by atoms with E-state index in [1.165, 1.54) is 0 Å². The number of carbonyl (C=O) groups is 1. The summed E-state index contributed by atoms with van der Waals surface area (Å²) in [6.45, 7) is 3.72. The fraction of sp³-hybridized carbons (Fsp3) is 0.500. The van der Waals surface area contributed by atoms with E-state index in [1.54, 1.807) is 25.3 Å². The second-order valence-electron chi connectivity index (χ2n) is 3.89. The Morgan fingerprint density at radius 2 is 1.95 bits per heavy atom. The van der Waals surface area contributed by atoms with Crippen LogP contribution in [0.5, 0.6) is 5.75 Å². The van der Waals surface area contributed by atoms with Crippen molar-refractivity contribution in [2.45, 2.75) is 6.92 Å². The van der Waals surface area contributed by atoms with Crippen molar-refractivity contribution in [2.75, 3.05) is 45.9 Å². The SMILES string of the molecule is CCOc1cccc(N)c1C(=O)OCCOCCOC. The second kappa shape index (κ2) is 9.17. The number of carbonyl (C=O) groups excluding carboxylic acids is 1. The summed E-state index contributed by atoms with van der Waals surface area (Å²) in [5, 5.41) is 0. The molecule has 0 radical (unpaired) electrons. The lowest BCUT2D eigenvalue weighted by molar-refractivity contribution is 0.0212. The number of nitrogen functional groups attached to an aromatic ring is 1. The first-order valence-electron chi connectivity index (χ1n) is 6.45. The Bertz CT molecular complexity index is 422. The molecule has 1 rings (SSSR count). The molecular formula is C14H21NO5. The van der Waals surface area contributed by atoms with E-state index in [4.69, 9.17) is 24.7 Å². The lowest BCUT2D eigenvalue weighted by atomic mass is 10.1. The zero-order valence-corrected chi connectivity index (χ0v) is 11.9. The van der Waals surface area contributed by atoms with Gasteiger partial charge in [0.2, 0.25) is 0 Å². The van der Waals surface area contributed by atoms with Crippen LogP contribution in [0.2, 0.25) is 0 Å². The number of hydrogen-bond acceptors (Lipinski definition) is 6. The van der Waals surface area contributed by atoms with Crippen molar-refractivity contribution in [1.29, 1.82) is 0 Å². The number of nitrogens with two attached hydrogens (primary N) is 1. The van der Waals surface area contributed by atoms with Gasteiger partial charge in [-0.2, -0.15) is 0 Å². The van der Waals surface area contributed by atoms with Gasteiger partial charge in [-0.05, 0) is 19.1 Å². The summed E-state index contributed by atoms with van der Waals surface area (Å²) in [4.78, 5) is 12.0. The number of anilines is 1. The van der Waals surface area contributed by atoms with Gasteiger partial charge < -0.3 is 24.7 Å². The lowest BCUT2D eigenvalue weighted by Crippen LogP contribution is -2.15. The second-order valence-corrected chi connectivity index (χ2v) is 3.89. The van der Waals surface area contributed by atoms with Crippen LogP contribution in [-0.2, 0) is 14.2 Å². The summed E-state index contributed by atoms with van der Waals surface area (Å²) in [5.74, 6) is -0.0836. The molecule has 2 N–H and O–H groups in total. The fourth-order valence-corrected chi connectivity index (χ4v) is 1.55. The van der Waals surface area contributed by atoms with Crippen molar-refractivity contribution in [3.63, 3.8) is 0 Å². The van der Waals surface area contributed by atoms with Crippen molar-refractivity contribution in [3.05, 3.63) is 23.8 Å². The van der Waals surface area contributed by atoms with Gasteiger partial charge in [-0.1, -0.05) is 6.07 Å². The molecule has 0 spiro atoms. The molecule has 20 heavy (non-hydrogen) atoms. The first kappa shape index (κ1) is 16.3. The van der Waals surface area contributed by atoms with Crippen molar-refractivity contribution in [3.8, 4) is 5.75 Å². The molecule has 0 saturated heterocycles. The predicted octanol–water partition coefficient (Wildman–Crippen LogP) is 1.49. The first-order valence-corrected chi connectivity index (χ1v) is 6.45. The van der Waals surface area contributed by atoms with Gasteiger partial charge in [0.25, 0.3) is 0 Å². The third-order valence-electron chi connectivity index (χ3n) is 2.46. The first-order chi connectivity index (χ1) is 9.70. The third kappa shape index (κ3) is 5.07. The summed E-state index contributed by atoms with van der Waals surface area (Å²) < 4.78 is 20.5. The van der Waals surface area contributed by atoms with E-state index in [-0.39, 0.29) is 12.2 Å². The summed E-state index contributed by atoms with van der Waals surface area (Å²) in [7, 11) is 1.59. The normalized spacial score (nSPS) is 10.3. The maximum atomic E-state index is 12.0. The van der Waals surface area contributed by atoms with Crippen LogP contribution in [0.25, 0.3) is 0 Å². The molecule has 0 atom stereocenters. The Hall–Kier alpha value is -1.79. The van der Waals surface area contributed by atoms with Crippen LogP contribution in [0.15, 0.2) is 18.2 Å². The topological polar surface area (TPSA) is 80.0 Å². The summed E-state index contributed by atoms with van der Waals surface area (Å²) in [5.41, 5.74) is 6.38. The van der Waals surface area contributed by atoms with E-state index in [0.717, 1.165) is 0 Å². The molecule has 0 aliphatic carbocycles. The number of rotatable bonds is 9. The minimum Gasteiger partial charge on any atom is -0.493 e. The average molecular weight is 283 g/mol. The van der Waals surface area contributed by atoms with Gasteiger partial charge in [0.1, 0.15) is 17.9 Å². The minimum atomic E-state index is -0.512. The van der Waals surface area contributed by atoms with Gasteiger partial charge in [-0.25, -0.2) is 4.79 Å². The van der Waals surface area contributed by atoms with E-state index in [0.29, 0.717) is 37.9 Å². The Labute approximate surface area is 118 Å². The molecule has 1 aromatic rings. The van der Waals surface area contributed by atoms with Gasteiger partial charge in [0, 0.05) is 12.8 Å². The van der Waals surface area contributed by atoms with E-state index in [1.807, 2.05) is 6.92 Å². The Balaban J connectivity index is 2.50. The van der Waals surface area contributed by atoms with E-state index < -0.39 is 5.97 Å². The molecule has 6 nitrogen and oxygen atoms in total. The van der Waals surface area contributed by atoms with Crippen LogP contribution in [0, 0.1) is 0 Å². The molecule has 0 aromatic heterocycles. The highest BCUT2D eigenvalue weighted by molar-refractivity contribution is 5.98. The van der Waals surface area contributed by atoms with Crippen LogP contribution in [0.1, 0.15) is 17.3 Å². The van der Waals surface area contributed by atoms with Gasteiger partial charge in [0.15, 0.2) is 0 Å². The van der Waals surface area contributed by atoms with Crippen molar-refractivity contribution in [1.82, 2.24) is 0 Å². The maximum Gasteiger partial charge on any atom is 0.344 e. The van der Waals surface area contributed by atoms with Crippen LogP contribution in [-0.4, -0.2) is 46.1 Å².